The molecule has 2 aromatic heterocycles. The summed E-state index contributed by atoms with van der Waals surface area (Å²) in [5.41, 5.74) is 1.92. The summed E-state index contributed by atoms with van der Waals surface area (Å²) in [6.45, 7) is 10.7. The van der Waals surface area contributed by atoms with Crippen molar-refractivity contribution in [1.82, 2.24) is 19.1 Å². The van der Waals surface area contributed by atoms with Crippen molar-refractivity contribution in [1.29, 1.82) is 0 Å². The van der Waals surface area contributed by atoms with E-state index in [0.29, 0.717) is 33.6 Å². The van der Waals surface area contributed by atoms with Crippen LogP contribution in [0.2, 0.25) is 18.1 Å². The molecule has 0 fully saturated rings. The van der Waals surface area contributed by atoms with Crippen LogP contribution in [-0.2, 0) is 17.5 Å². The van der Waals surface area contributed by atoms with Crippen LogP contribution in [0.1, 0.15) is 20.8 Å². The molecule has 0 aliphatic heterocycles. The maximum atomic E-state index is 12.2. The summed E-state index contributed by atoms with van der Waals surface area (Å²) in [6, 6.07) is 10.5. The molecule has 0 saturated heterocycles. The molecule has 13 heteroatoms. The van der Waals surface area contributed by atoms with Gasteiger partial charge in [0, 0.05) is 12.1 Å². The van der Waals surface area contributed by atoms with Gasteiger partial charge in [-0.05, 0) is 42.4 Å². The lowest BCUT2D eigenvalue weighted by Gasteiger charge is -2.36. The molecule has 0 amide bonds. The van der Waals surface area contributed by atoms with Crippen LogP contribution in [0.15, 0.2) is 58.4 Å². The van der Waals surface area contributed by atoms with Crippen molar-refractivity contribution in [3.63, 3.8) is 0 Å². The molecule has 12 nitrogen and oxygen atoms in total. The van der Waals surface area contributed by atoms with Crippen molar-refractivity contribution in [2.75, 3.05) is 27.4 Å². The summed E-state index contributed by atoms with van der Waals surface area (Å²) in [6.07, 6.45) is 0.706. The second-order valence-corrected chi connectivity index (χ2v) is 16.5. The average molecular weight is 615 g/mol. The van der Waals surface area contributed by atoms with E-state index in [1.165, 1.54) is 28.6 Å². The third-order valence-electron chi connectivity index (χ3n) is 7.55. The number of hydrogen-bond acceptors (Lipinski definition) is 10. The molecule has 4 aromatic rings. The Labute approximate surface area is 251 Å². The fraction of sp³-hybridized carbons (Fsp3) is 0.467. The van der Waals surface area contributed by atoms with Gasteiger partial charge in [0.1, 0.15) is 11.5 Å². The number of aliphatic hydroxyl groups excluding tert-OH is 3. The lowest BCUT2D eigenvalue weighted by molar-refractivity contribution is 0.0814. The van der Waals surface area contributed by atoms with Crippen molar-refractivity contribution in [3.8, 4) is 11.5 Å². The van der Waals surface area contributed by atoms with Gasteiger partial charge in [0.15, 0.2) is 8.32 Å². The molecule has 0 spiro atoms. The van der Waals surface area contributed by atoms with Crippen molar-refractivity contribution in [2.45, 2.75) is 64.2 Å². The molecule has 0 radical (unpaired) electrons. The predicted octanol–water partition coefficient (Wildman–Crippen LogP) is 2.55. The van der Waals surface area contributed by atoms with Crippen LogP contribution in [0.3, 0.4) is 0 Å². The van der Waals surface area contributed by atoms with Gasteiger partial charge in [-0.25, -0.2) is 9.97 Å². The van der Waals surface area contributed by atoms with E-state index in [1.807, 2.05) is 0 Å². The Bertz CT molecular complexity index is 1650. The van der Waals surface area contributed by atoms with E-state index < -0.39 is 27.1 Å². The molecule has 0 aliphatic carbocycles. The van der Waals surface area contributed by atoms with Gasteiger partial charge in [-0.3, -0.25) is 9.59 Å². The zero-order chi connectivity index (χ0) is 31.9. The van der Waals surface area contributed by atoms with Crippen LogP contribution in [0, 0.1) is 0 Å². The maximum Gasteiger partial charge on any atom is 0.269 e. The monoisotopic (exact) mass is 614 g/mol. The van der Waals surface area contributed by atoms with E-state index in [0.717, 1.165) is 0 Å². The van der Waals surface area contributed by atoms with Crippen LogP contribution in [0.25, 0.3) is 22.1 Å². The Hall–Kier alpha value is -3.62. The summed E-state index contributed by atoms with van der Waals surface area (Å²) in [7, 11) is 1.15. The van der Waals surface area contributed by atoms with Crippen LogP contribution in [0.5, 0.6) is 11.5 Å². The standard InChI is InChI=1S/C18H28N2O4Si.C12H14N2O4/c1-18(2,3)25(5,6)24-12-13(21)11-20-16-9-14(23-4)7-8-15(16)19-10-17(20)22;1-18-9-2-3-10-11(4-9)14(6-8(16)7-15)12(17)5-13-10/h7-10,13,21H,11-12H2,1-6H3;2-5,8,15-16H,6-7H2,1H3. The molecule has 2 unspecified atom stereocenters. The first-order chi connectivity index (χ1) is 20.2. The highest BCUT2D eigenvalue weighted by molar-refractivity contribution is 6.74. The van der Waals surface area contributed by atoms with Gasteiger partial charge >= 0.3 is 0 Å². The number of nitrogens with zero attached hydrogens (tertiary/aromatic N) is 4. The van der Waals surface area contributed by atoms with Crippen molar-refractivity contribution < 1.29 is 29.2 Å². The van der Waals surface area contributed by atoms with Crippen LogP contribution in [-0.4, -0.2) is 82.4 Å². The van der Waals surface area contributed by atoms with Gasteiger partial charge in [-0.15, -0.1) is 0 Å². The van der Waals surface area contributed by atoms with Gasteiger partial charge in [-0.2, -0.15) is 0 Å². The first-order valence-electron chi connectivity index (χ1n) is 13.9. The molecule has 3 N–H and O–H groups in total. The minimum Gasteiger partial charge on any atom is -0.497 e. The Kier molecular flexibility index (Phi) is 11.2. The van der Waals surface area contributed by atoms with Crippen LogP contribution < -0.4 is 20.6 Å². The summed E-state index contributed by atoms with van der Waals surface area (Å²) in [5, 5.41) is 28.8. The fourth-order valence-electron chi connectivity index (χ4n) is 3.97. The van der Waals surface area contributed by atoms with Crippen LogP contribution in [0.4, 0.5) is 0 Å². The molecular weight excluding hydrogens is 572 g/mol. The Morgan fingerprint density at radius 3 is 1.65 bits per heavy atom. The molecule has 0 bridgehead atoms. The summed E-state index contributed by atoms with van der Waals surface area (Å²) in [5.74, 6) is 1.24. The van der Waals surface area contributed by atoms with Crippen molar-refractivity contribution in [2.24, 2.45) is 0 Å². The predicted molar refractivity (Wildman–Crippen MR) is 167 cm³/mol. The second kappa shape index (κ2) is 14.2. The maximum absolute atomic E-state index is 12.2. The SMILES string of the molecule is COc1ccc2ncc(=O)n(CC(O)CO)c2c1.COc1ccc2ncc(=O)n(CC(O)CO[Si](C)(C)C(C)(C)C)c2c1. The van der Waals surface area contributed by atoms with E-state index in [4.69, 9.17) is 19.0 Å². The smallest absolute Gasteiger partial charge is 0.269 e. The summed E-state index contributed by atoms with van der Waals surface area (Å²) in [4.78, 5) is 32.2. The zero-order valence-electron chi connectivity index (χ0n) is 25.8. The molecule has 0 aliphatic rings. The van der Waals surface area contributed by atoms with E-state index in [9.17, 15) is 19.8 Å². The van der Waals surface area contributed by atoms with E-state index in [2.05, 4.69) is 43.8 Å². The quantitative estimate of drug-likeness (QED) is 0.227. The minimum atomic E-state index is -1.95. The highest BCUT2D eigenvalue weighted by atomic mass is 28.4. The van der Waals surface area contributed by atoms with Gasteiger partial charge in [0.05, 0.1) is 87.2 Å². The van der Waals surface area contributed by atoms with E-state index >= 15 is 0 Å². The van der Waals surface area contributed by atoms with E-state index in [1.54, 1.807) is 43.5 Å². The molecule has 43 heavy (non-hydrogen) atoms. The first kappa shape index (κ1) is 33.9. The minimum absolute atomic E-state index is 0.0154. The third-order valence-corrected chi connectivity index (χ3v) is 12.0. The van der Waals surface area contributed by atoms with Gasteiger partial charge in [0.25, 0.3) is 11.1 Å². The molecule has 0 saturated carbocycles. The third kappa shape index (κ3) is 8.48. The molecule has 4 rings (SSSR count). The van der Waals surface area contributed by atoms with E-state index in [-0.39, 0.29) is 35.9 Å². The zero-order valence-corrected chi connectivity index (χ0v) is 26.8. The summed E-state index contributed by atoms with van der Waals surface area (Å²) >= 11 is 0. The number of fused-ring (bicyclic) bond motifs is 2. The normalized spacial score (nSPS) is 13.3. The molecule has 2 atom stereocenters. The van der Waals surface area contributed by atoms with Crippen LogP contribution >= 0.6 is 0 Å². The lowest BCUT2D eigenvalue weighted by atomic mass is 10.2. The van der Waals surface area contributed by atoms with Gasteiger partial charge in [0.2, 0.25) is 0 Å². The van der Waals surface area contributed by atoms with Crippen molar-refractivity contribution in [3.05, 3.63) is 69.5 Å². The first-order valence-corrected chi connectivity index (χ1v) is 16.8. The number of benzene rings is 2. The highest BCUT2D eigenvalue weighted by Gasteiger charge is 2.37. The molecular formula is C30H42N4O8Si. The second-order valence-electron chi connectivity index (χ2n) is 11.7. The van der Waals surface area contributed by atoms with Gasteiger partial charge < -0.3 is 38.4 Å². The molecule has 2 aromatic carbocycles. The molecule has 234 valence electrons. The topological polar surface area (TPSA) is 158 Å². The Morgan fingerprint density at radius 1 is 0.814 bits per heavy atom. The number of rotatable bonds is 10. The fourth-order valence-corrected chi connectivity index (χ4v) is 5.01. The lowest BCUT2D eigenvalue weighted by Crippen LogP contribution is -2.43. The number of aromatic nitrogens is 4. The number of ether oxygens (including phenoxy) is 2. The number of aliphatic hydroxyl groups is 3. The Balaban J connectivity index is 0.000000248. The largest absolute Gasteiger partial charge is 0.497 e. The molecule has 2 heterocycles. The summed E-state index contributed by atoms with van der Waals surface area (Å²) < 4.78 is 19.3. The van der Waals surface area contributed by atoms with Crippen molar-refractivity contribution >= 4 is 30.4 Å². The average Bonchev–Trinajstić information content (AvgIpc) is 2.98. The Morgan fingerprint density at radius 2 is 1.26 bits per heavy atom. The highest BCUT2D eigenvalue weighted by Crippen LogP contribution is 2.36. The van der Waals surface area contributed by atoms with Gasteiger partial charge in [-0.1, -0.05) is 20.8 Å². The number of hydrogen-bond donors (Lipinski definition) is 3. The number of methoxy groups -OCH3 is 2.